The molecule has 0 saturated heterocycles. The van der Waals surface area contributed by atoms with Crippen LogP contribution in [0.1, 0.15) is 43.4 Å². The predicted octanol–water partition coefficient (Wildman–Crippen LogP) is 5.97. The molecule has 8 heteroatoms. The standard InChI is InChI=1S/C29H27N3O3S2/c1-29(2,3)23-11-13-24(14-12-23)37(34,35)32-28(33)25(22-10-15-26-27(18-22)31-36-30-26)17-19-8-9-20-6-4-5-7-21(20)16-19/h4-16,18,25H,17H2,1-3H3,(H,32,33). The molecule has 1 aromatic heterocycles. The first-order valence-electron chi connectivity index (χ1n) is 12.0. The first-order valence-corrected chi connectivity index (χ1v) is 14.2. The molecule has 188 valence electrons. The number of carbonyl (C=O) groups is 1. The Morgan fingerprint density at radius 2 is 1.57 bits per heavy atom. The van der Waals surface area contributed by atoms with Gasteiger partial charge >= 0.3 is 0 Å². The maximum Gasteiger partial charge on any atom is 0.264 e. The van der Waals surface area contributed by atoms with Crippen LogP contribution >= 0.6 is 11.7 Å². The molecular weight excluding hydrogens is 502 g/mol. The van der Waals surface area contributed by atoms with Crippen LogP contribution in [0.5, 0.6) is 0 Å². The second-order valence-electron chi connectivity index (χ2n) is 10.2. The highest BCUT2D eigenvalue weighted by molar-refractivity contribution is 7.90. The van der Waals surface area contributed by atoms with Crippen LogP contribution in [-0.2, 0) is 26.7 Å². The van der Waals surface area contributed by atoms with E-state index in [2.05, 4.69) is 34.2 Å². The summed E-state index contributed by atoms with van der Waals surface area (Å²) in [7, 11) is -4.06. The van der Waals surface area contributed by atoms with Gasteiger partial charge in [0.25, 0.3) is 10.0 Å². The molecule has 1 amide bonds. The smallest absolute Gasteiger partial charge is 0.264 e. The van der Waals surface area contributed by atoms with Gasteiger partial charge in [-0.2, -0.15) is 8.75 Å². The fourth-order valence-corrected chi connectivity index (χ4v) is 5.91. The monoisotopic (exact) mass is 529 g/mol. The number of nitrogens with one attached hydrogen (secondary N) is 1. The second kappa shape index (κ2) is 9.68. The van der Waals surface area contributed by atoms with Gasteiger partial charge in [-0.15, -0.1) is 0 Å². The van der Waals surface area contributed by atoms with Crippen molar-refractivity contribution in [3.8, 4) is 0 Å². The fourth-order valence-electron chi connectivity index (χ4n) is 4.38. The van der Waals surface area contributed by atoms with Gasteiger partial charge in [-0.05, 0) is 63.6 Å². The van der Waals surface area contributed by atoms with Crippen LogP contribution in [0.15, 0.2) is 89.8 Å². The van der Waals surface area contributed by atoms with Crippen LogP contribution < -0.4 is 4.72 Å². The number of carbonyl (C=O) groups excluding carboxylic acids is 1. The number of rotatable bonds is 6. The summed E-state index contributed by atoms with van der Waals surface area (Å²) < 4.78 is 37.2. The van der Waals surface area contributed by atoms with E-state index in [1.54, 1.807) is 24.3 Å². The van der Waals surface area contributed by atoms with Crippen molar-refractivity contribution in [3.63, 3.8) is 0 Å². The van der Waals surface area contributed by atoms with Gasteiger partial charge in [-0.25, -0.2) is 13.1 Å². The molecule has 0 spiro atoms. The summed E-state index contributed by atoms with van der Waals surface area (Å²) >= 11 is 1.10. The minimum atomic E-state index is -4.06. The molecule has 1 heterocycles. The van der Waals surface area contributed by atoms with Crippen molar-refractivity contribution < 1.29 is 13.2 Å². The van der Waals surface area contributed by atoms with Crippen LogP contribution in [0.4, 0.5) is 0 Å². The Morgan fingerprint density at radius 3 is 2.30 bits per heavy atom. The lowest BCUT2D eigenvalue weighted by Crippen LogP contribution is -2.35. The molecular formula is C29H27N3O3S2. The lowest BCUT2D eigenvalue weighted by molar-refractivity contribution is -0.120. The number of hydrogen-bond donors (Lipinski definition) is 1. The van der Waals surface area contributed by atoms with Crippen molar-refractivity contribution in [1.29, 1.82) is 0 Å². The first-order chi connectivity index (χ1) is 17.6. The third-order valence-electron chi connectivity index (χ3n) is 6.52. The third kappa shape index (κ3) is 5.40. The number of hydrogen-bond acceptors (Lipinski definition) is 6. The number of fused-ring (bicyclic) bond motifs is 2. The Morgan fingerprint density at radius 1 is 0.865 bits per heavy atom. The molecule has 0 aliphatic rings. The van der Waals surface area contributed by atoms with Crippen molar-refractivity contribution in [2.75, 3.05) is 0 Å². The normalized spacial score (nSPS) is 13.1. The molecule has 37 heavy (non-hydrogen) atoms. The minimum absolute atomic E-state index is 0.0532. The van der Waals surface area contributed by atoms with Gasteiger partial charge in [-0.1, -0.05) is 81.4 Å². The Kier molecular flexibility index (Phi) is 6.56. The number of benzene rings is 4. The van der Waals surface area contributed by atoms with Crippen molar-refractivity contribution in [2.45, 2.75) is 43.4 Å². The van der Waals surface area contributed by atoms with E-state index >= 15 is 0 Å². The fraction of sp³-hybridized carbons (Fsp3) is 0.207. The molecule has 0 aliphatic carbocycles. The molecule has 0 saturated carbocycles. The molecule has 1 atom stereocenters. The van der Waals surface area contributed by atoms with E-state index in [4.69, 9.17) is 0 Å². The number of sulfonamides is 1. The number of amides is 1. The number of nitrogens with zero attached hydrogens (tertiary/aromatic N) is 2. The highest BCUT2D eigenvalue weighted by Crippen LogP contribution is 2.28. The first kappa shape index (κ1) is 25.0. The summed E-state index contributed by atoms with van der Waals surface area (Å²) in [6.45, 7) is 6.18. The van der Waals surface area contributed by atoms with Crippen LogP contribution in [0, 0.1) is 0 Å². The highest BCUT2D eigenvalue weighted by Gasteiger charge is 2.27. The molecule has 0 radical (unpaired) electrons. The average Bonchev–Trinajstić information content (AvgIpc) is 3.34. The maximum absolute atomic E-state index is 13.6. The summed E-state index contributed by atoms with van der Waals surface area (Å²) in [6.07, 6.45) is 0.332. The second-order valence-corrected chi connectivity index (χ2v) is 12.4. The Bertz CT molecular complexity index is 1700. The van der Waals surface area contributed by atoms with Crippen molar-refractivity contribution in [3.05, 3.63) is 102 Å². The summed E-state index contributed by atoms with van der Waals surface area (Å²) in [5.74, 6) is -1.33. The topological polar surface area (TPSA) is 89.0 Å². The molecule has 0 aliphatic heterocycles. The van der Waals surface area contributed by atoms with Gasteiger partial charge in [0.05, 0.1) is 22.5 Å². The Hall–Kier alpha value is -3.62. The van der Waals surface area contributed by atoms with E-state index in [-0.39, 0.29) is 10.3 Å². The molecule has 0 bridgehead atoms. The highest BCUT2D eigenvalue weighted by atomic mass is 32.2. The maximum atomic E-state index is 13.6. The van der Waals surface area contributed by atoms with Crippen LogP contribution in [0.25, 0.3) is 21.8 Å². The van der Waals surface area contributed by atoms with Gasteiger partial charge in [0, 0.05) is 0 Å². The van der Waals surface area contributed by atoms with E-state index in [1.165, 1.54) is 0 Å². The molecule has 4 aromatic carbocycles. The van der Waals surface area contributed by atoms with Crippen LogP contribution in [0.2, 0.25) is 0 Å². The zero-order valence-electron chi connectivity index (χ0n) is 20.8. The van der Waals surface area contributed by atoms with Crippen molar-refractivity contribution in [1.82, 2.24) is 13.5 Å². The zero-order valence-corrected chi connectivity index (χ0v) is 22.4. The lowest BCUT2D eigenvalue weighted by atomic mass is 9.87. The Balaban J connectivity index is 1.48. The van der Waals surface area contributed by atoms with Crippen molar-refractivity contribution in [2.24, 2.45) is 0 Å². The van der Waals surface area contributed by atoms with Gasteiger partial charge in [0.2, 0.25) is 5.91 Å². The summed E-state index contributed by atoms with van der Waals surface area (Å²) in [4.78, 5) is 13.6. The van der Waals surface area contributed by atoms with E-state index in [1.807, 2.05) is 60.7 Å². The largest absolute Gasteiger partial charge is 0.273 e. The summed E-state index contributed by atoms with van der Waals surface area (Å²) in [5, 5.41) is 2.16. The molecule has 0 fully saturated rings. The molecule has 1 unspecified atom stereocenters. The molecule has 5 aromatic rings. The molecule has 6 nitrogen and oxygen atoms in total. The van der Waals surface area contributed by atoms with Crippen molar-refractivity contribution >= 4 is 49.5 Å². The third-order valence-corrected chi connectivity index (χ3v) is 8.44. The van der Waals surface area contributed by atoms with Gasteiger partial charge in [0.1, 0.15) is 11.0 Å². The average molecular weight is 530 g/mol. The SMILES string of the molecule is CC(C)(C)c1ccc(S(=O)(=O)NC(=O)C(Cc2ccc3ccccc3c2)c2ccc3nsnc3c2)cc1. The predicted molar refractivity (Wildman–Crippen MR) is 148 cm³/mol. The molecule has 5 rings (SSSR count). The summed E-state index contributed by atoms with van der Waals surface area (Å²) in [6, 6.07) is 26.1. The van der Waals surface area contributed by atoms with E-state index in [0.717, 1.165) is 39.1 Å². The van der Waals surface area contributed by atoms with Crippen LogP contribution in [-0.4, -0.2) is 23.1 Å². The number of aromatic nitrogens is 2. The van der Waals surface area contributed by atoms with Gasteiger partial charge in [-0.3, -0.25) is 4.79 Å². The summed E-state index contributed by atoms with van der Waals surface area (Å²) in [5.41, 5.74) is 3.94. The van der Waals surface area contributed by atoms with E-state index in [0.29, 0.717) is 17.5 Å². The minimum Gasteiger partial charge on any atom is -0.273 e. The zero-order chi connectivity index (χ0) is 26.2. The quantitative estimate of drug-likeness (QED) is 0.293. The van der Waals surface area contributed by atoms with Gasteiger partial charge in [0.15, 0.2) is 0 Å². The van der Waals surface area contributed by atoms with Crippen LogP contribution in [0.3, 0.4) is 0 Å². The lowest BCUT2D eigenvalue weighted by Gasteiger charge is -2.20. The van der Waals surface area contributed by atoms with E-state index in [9.17, 15) is 13.2 Å². The Labute approximate surface area is 220 Å². The van der Waals surface area contributed by atoms with E-state index < -0.39 is 21.8 Å². The van der Waals surface area contributed by atoms with Gasteiger partial charge < -0.3 is 0 Å². The molecule has 1 N–H and O–H groups in total.